The number of hydrogen-bond acceptors (Lipinski definition) is 4. The summed E-state index contributed by atoms with van der Waals surface area (Å²) in [6.07, 6.45) is 4.51. The molecular weight excluding hydrogens is 439 g/mol. The molecule has 0 fully saturated rings. The Labute approximate surface area is 166 Å². The van der Waals surface area contributed by atoms with Crippen LogP contribution in [0.5, 0.6) is 0 Å². The van der Waals surface area contributed by atoms with Gasteiger partial charge in [0.15, 0.2) is 5.96 Å². The molecule has 0 unspecified atom stereocenters. The molecule has 0 aliphatic carbocycles. The summed E-state index contributed by atoms with van der Waals surface area (Å²) in [5.74, 6) is 1.54. The maximum absolute atomic E-state index is 11.7. The third-order valence-electron chi connectivity index (χ3n) is 3.35. The number of aliphatic imine (C=N–C) groups is 1. The number of guanidine groups is 1. The Balaban J connectivity index is 0.00000529. The van der Waals surface area contributed by atoms with Gasteiger partial charge in [-0.25, -0.2) is 4.99 Å². The van der Waals surface area contributed by atoms with E-state index in [2.05, 4.69) is 35.7 Å². The van der Waals surface area contributed by atoms with E-state index in [1.54, 1.807) is 32.1 Å². The molecule has 24 heavy (non-hydrogen) atoms. The lowest BCUT2D eigenvalue weighted by molar-refractivity contribution is -0.127. The number of nitrogens with zero attached hydrogens (tertiary/aromatic N) is 2. The fraction of sp³-hybridized carbons (Fsp3) is 0.625. The van der Waals surface area contributed by atoms with E-state index in [4.69, 9.17) is 4.42 Å². The number of hydrogen-bond donors (Lipinski definition) is 2. The number of carbonyl (C=O) groups is 1. The van der Waals surface area contributed by atoms with Gasteiger partial charge in [-0.15, -0.1) is 24.0 Å². The van der Waals surface area contributed by atoms with E-state index in [0.29, 0.717) is 12.5 Å². The molecule has 1 aromatic rings. The Kier molecular flexibility index (Phi) is 11.2. The summed E-state index contributed by atoms with van der Waals surface area (Å²) in [7, 11) is 3.46. The summed E-state index contributed by atoms with van der Waals surface area (Å²) in [5.41, 5.74) is 0. The van der Waals surface area contributed by atoms with E-state index in [1.807, 2.05) is 12.1 Å². The zero-order valence-electron chi connectivity index (χ0n) is 15.1. The zero-order valence-corrected chi connectivity index (χ0v) is 18.2. The van der Waals surface area contributed by atoms with Crippen molar-refractivity contribution in [3.8, 4) is 0 Å². The molecule has 0 saturated carbocycles. The number of furan rings is 1. The predicted molar refractivity (Wildman–Crippen MR) is 112 cm³/mol. The molecular formula is C16H29IN4O2S. The Morgan fingerprint density at radius 2 is 2.08 bits per heavy atom. The fourth-order valence-electron chi connectivity index (χ4n) is 1.59. The van der Waals surface area contributed by atoms with E-state index in [0.717, 1.165) is 18.7 Å². The van der Waals surface area contributed by atoms with E-state index < -0.39 is 0 Å². The van der Waals surface area contributed by atoms with Gasteiger partial charge in [0, 0.05) is 38.4 Å². The minimum atomic E-state index is -0.0266. The van der Waals surface area contributed by atoms with Gasteiger partial charge >= 0.3 is 0 Å². The van der Waals surface area contributed by atoms with E-state index in [1.165, 1.54) is 4.90 Å². The number of nitrogens with one attached hydrogen (secondary N) is 2. The van der Waals surface area contributed by atoms with Crippen molar-refractivity contribution in [1.82, 2.24) is 15.5 Å². The van der Waals surface area contributed by atoms with Crippen LogP contribution in [-0.4, -0.2) is 61.5 Å². The first kappa shape index (κ1) is 23.1. The summed E-state index contributed by atoms with van der Waals surface area (Å²) in [6, 6.07) is 3.82. The molecule has 0 radical (unpaired) electrons. The predicted octanol–water partition coefficient (Wildman–Crippen LogP) is 2.21. The summed E-state index contributed by atoms with van der Waals surface area (Å²) in [5, 5.41) is 6.55. The number of carbonyl (C=O) groups excluding carboxylic acids is 1. The Hall–Kier alpha value is -0.900. The molecule has 8 heteroatoms. The van der Waals surface area contributed by atoms with Crippen molar-refractivity contribution in [2.75, 3.05) is 40.0 Å². The molecule has 0 atom stereocenters. The lowest BCUT2D eigenvalue weighted by Gasteiger charge is -2.24. The van der Waals surface area contributed by atoms with Crippen LogP contribution < -0.4 is 10.6 Å². The lowest BCUT2D eigenvalue weighted by atomic mass is 10.2. The quantitative estimate of drug-likeness (QED) is 0.348. The van der Waals surface area contributed by atoms with Crippen LogP contribution in [-0.2, 0) is 11.2 Å². The van der Waals surface area contributed by atoms with E-state index >= 15 is 0 Å². The molecule has 1 aromatic heterocycles. The van der Waals surface area contributed by atoms with Gasteiger partial charge in [0.1, 0.15) is 12.3 Å². The highest BCUT2D eigenvalue weighted by molar-refractivity contribution is 14.0. The second-order valence-electron chi connectivity index (χ2n) is 6.03. The third kappa shape index (κ3) is 9.41. The number of likely N-dealkylation sites (N-methyl/N-ethyl adjacent to an activating group) is 1. The molecule has 1 amide bonds. The van der Waals surface area contributed by atoms with Gasteiger partial charge < -0.3 is 20.0 Å². The minimum Gasteiger partial charge on any atom is -0.469 e. The van der Waals surface area contributed by atoms with Crippen LogP contribution >= 0.6 is 35.7 Å². The van der Waals surface area contributed by atoms with Crippen LogP contribution in [0, 0.1) is 0 Å². The highest BCUT2D eigenvalue weighted by atomic mass is 127. The number of rotatable bonds is 8. The van der Waals surface area contributed by atoms with Gasteiger partial charge in [-0.1, -0.05) is 0 Å². The maximum atomic E-state index is 11.7. The molecule has 0 saturated heterocycles. The van der Waals surface area contributed by atoms with Crippen LogP contribution in [0.1, 0.15) is 19.6 Å². The maximum Gasteiger partial charge on any atom is 0.243 e. The summed E-state index contributed by atoms with van der Waals surface area (Å²) in [4.78, 5) is 17.6. The molecule has 138 valence electrons. The SMILES string of the molecule is CSC(C)(C)CNC(=NCC(=O)N(C)C)NCCc1ccco1.I. The Bertz CT molecular complexity index is 504. The highest BCUT2D eigenvalue weighted by Crippen LogP contribution is 2.19. The van der Waals surface area contributed by atoms with Crippen LogP contribution in [0.3, 0.4) is 0 Å². The standard InChI is InChI=1S/C16H28N4O2S.HI/c1-16(2,23-5)12-19-15(18-11-14(21)20(3)4)17-9-8-13-7-6-10-22-13;/h6-7,10H,8-9,11-12H2,1-5H3,(H2,17,18,19);1H. The summed E-state index contributed by atoms with van der Waals surface area (Å²) in [6.45, 7) is 5.90. The van der Waals surface area contributed by atoms with Crippen molar-refractivity contribution in [3.63, 3.8) is 0 Å². The second-order valence-corrected chi connectivity index (χ2v) is 7.54. The van der Waals surface area contributed by atoms with Gasteiger partial charge in [-0.05, 0) is 32.2 Å². The Morgan fingerprint density at radius 1 is 1.38 bits per heavy atom. The van der Waals surface area contributed by atoms with Crippen molar-refractivity contribution in [3.05, 3.63) is 24.2 Å². The fourth-order valence-corrected chi connectivity index (χ4v) is 1.81. The van der Waals surface area contributed by atoms with Gasteiger partial charge in [0.05, 0.1) is 6.26 Å². The topological polar surface area (TPSA) is 69.9 Å². The third-order valence-corrected chi connectivity index (χ3v) is 4.60. The number of thioether (sulfide) groups is 1. The lowest BCUT2D eigenvalue weighted by Crippen LogP contribution is -2.44. The minimum absolute atomic E-state index is 0. The highest BCUT2D eigenvalue weighted by Gasteiger charge is 2.16. The zero-order chi connectivity index (χ0) is 17.3. The van der Waals surface area contributed by atoms with Gasteiger partial charge in [0.25, 0.3) is 0 Å². The molecule has 0 aromatic carbocycles. The summed E-state index contributed by atoms with van der Waals surface area (Å²) >= 11 is 1.78. The monoisotopic (exact) mass is 468 g/mol. The van der Waals surface area contributed by atoms with E-state index in [9.17, 15) is 4.79 Å². The van der Waals surface area contributed by atoms with Crippen LogP contribution in [0.15, 0.2) is 27.8 Å². The van der Waals surface area contributed by atoms with Gasteiger partial charge in [-0.2, -0.15) is 11.8 Å². The second kappa shape index (κ2) is 11.6. The number of halogens is 1. The normalized spacial score (nSPS) is 11.6. The molecule has 6 nitrogen and oxygen atoms in total. The van der Waals surface area contributed by atoms with E-state index in [-0.39, 0.29) is 41.2 Å². The Morgan fingerprint density at radius 3 is 2.62 bits per heavy atom. The molecule has 0 spiro atoms. The average Bonchev–Trinajstić information content (AvgIpc) is 3.02. The van der Waals surface area contributed by atoms with Crippen LogP contribution in [0.2, 0.25) is 0 Å². The largest absolute Gasteiger partial charge is 0.469 e. The first-order valence-electron chi connectivity index (χ1n) is 7.64. The van der Waals surface area contributed by atoms with Crippen molar-refractivity contribution in [1.29, 1.82) is 0 Å². The van der Waals surface area contributed by atoms with Gasteiger partial charge in [0.2, 0.25) is 5.91 Å². The summed E-state index contributed by atoms with van der Waals surface area (Å²) < 4.78 is 5.40. The molecule has 0 aliphatic heterocycles. The first-order valence-corrected chi connectivity index (χ1v) is 8.86. The van der Waals surface area contributed by atoms with Crippen molar-refractivity contribution in [2.24, 2.45) is 4.99 Å². The van der Waals surface area contributed by atoms with Crippen LogP contribution in [0.4, 0.5) is 0 Å². The number of amides is 1. The first-order chi connectivity index (χ1) is 10.8. The van der Waals surface area contributed by atoms with Crippen LogP contribution in [0.25, 0.3) is 0 Å². The smallest absolute Gasteiger partial charge is 0.243 e. The van der Waals surface area contributed by atoms with Crippen molar-refractivity contribution in [2.45, 2.75) is 25.0 Å². The van der Waals surface area contributed by atoms with Crippen molar-refractivity contribution >= 4 is 47.6 Å². The van der Waals surface area contributed by atoms with Crippen molar-refractivity contribution < 1.29 is 9.21 Å². The van der Waals surface area contributed by atoms with Gasteiger partial charge in [-0.3, -0.25) is 4.79 Å². The molecule has 1 heterocycles. The molecule has 2 N–H and O–H groups in total. The molecule has 1 rings (SSSR count). The average molecular weight is 468 g/mol. The molecule has 0 bridgehead atoms. The molecule has 0 aliphatic rings.